The van der Waals surface area contributed by atoms with Crippen molar-refractivity contribution in [1.29, 1.82) is 0 Å². The number of anilines is 1. The third-order valence-corrected chi connectivity index (χ3v) is 3.69. The number of hydrogen-bond donors (Lipinski definition) is 2. The molecule has 7 heteroatoms. The molecule has 0 bridgehead atoms. The van der Waals surface area contributed by atoms with E-state index in [1.165, 1.54) is 11.8 Å². The molecule has 1 aromatic heterocycles. The molecule has 0 aliphatic rings. The Hall–Kier alpha value is -1.89. The molecule has 1 heterocycles. The standard InChI is InChI=1S/C12H16N4O2S/c1-3-7-16-11(17)14-15-12(16)19-9-6-4-5-8(18-2)10(9)13/h4-6H,3,7,13H2,1-2H3,(H,14,17). The number of hydrogen-bond acceptors (Lipinski definition) is 5. The van der Waals surface area contributed by atoms with Crippen molar-refractivity contribution in [2.24, 2.45) is 0 Å². The molecule has 0 fully saturated rings. The van der Waals surface area contributed by atoms with Gasteiger partial charge in [-0.2, -0.15) is 0 Å². The zero-order valence-electron chi connectivity index (χ0n) is 10.8. The monoisotopic (exact) mass is 280 g/mol. The summed E-state index contributed by atoms with van der Waals surface area (Å²) in [5.41, 5.74) is 6.35. The molecule has 0 unspecified atom stereocenters. The van der Waals surface area contributed by atoms with E-state index in [0.717, 1.165) is 11.3 Å². The number of para-hydroxylation sites is 1. The largest absolute Gasteiger partial charge is 0.495 e. The molecule has 0 atom stereocenters. The van der Waals surface area contributed by atoms with E-state index in [9.17, 15) is 4.79 Å². The van der Waals surface area contributed by atoms with E-state index in [1.807, 2.05) is 19.1 Å². The Morgan fingerprint density at radius 3 is 3.00 bits per heavy atom. The maximum absolute atomic E-state index is 11.6. The van der Waals surface area contributed by atoms with Crippen molar-refractivity contribution < 1.29 is 4.74 Å². The lowest BCUT2D eigenvalue weighted by Crippen LogP contribution is -2.17. The normalized spacial score (nSPS) is 10.6. The van der Waals surface area contributed by atoms with E-state index in [0.29, 0.717) is 23.1 Å². The van der Waals surface area contributed by atoms with E-state index in [-0.39, 0.29) is 5.69 Å². The van der Waals surface area contributed by atoms with Crippen molar-refractivity contribution in [3.05, 3.63) is 28.7 Å². The highest BCUT2D eigenvalue weighted by atomic mass is 32.2. The highest BCUT2D eigenvalue weighted by Gasteiger charge is 2.12. The molecule has 0 aliphatic heterocycles. The molecule has 19 heavy (non-hydrogen) atoms. The molecular formula is C12H16N4O2S. The quantitative estimate of drug-likeness (QED) is 0.814. The summed E-state index contributed by atoms with van der Waals surface area (Å²) in [5, 5.41) is 7.08. The molecule has 2 rings (SSSR count). The average molecular weight is 280 g/mol. The number of nitrogens with one attached hydrogen (secondary N) is 1. The van der Waals surface area contributed by atoms with Crippen molar-refractivity contribution in [1.82, 2.24) is 14.8 Å². The Bertz CT molecular complexity index is 620. The first-order chi connectivity index (χ1) is 9.17. The molecule has 0 saturated carbocycles. The van der Waals surface area contributed by atoms with Crippen LogP contribution in [0, 0.1) is 0 Å². The van der Waals surface area contributed by atoms with Crippen molar-refractivity contribution in [2.75, 3.05) is 12.8 Å². The van der Waals surface area contributed by atoms with Gasteiger partial charge in [-0.15, -0.1) is 5.10 Å². The lowest BCUT2D eigenvalue weighted by Gasteiger charge is -2.09. The van der Waals surface area contributed by atoms with Gasteiger partial charge in [0.1, 0.15) is 5.75 Å². The fraction of sp³-hybridized carbons (Fsp3) is 0.333. The third kappa shape index (κ3) is 2.76. The number of ether oxygens (including phenoxy) is 1. The Kier molecular flexibility index (Phi) is 4.16. The zero-order valence-corrected chi connectivity index (χ0v) is 11.7. The van der Waals surface area contributed by atoms with Crippen LogP contribution in [0.1, 0.15) is 13.3 Å². The second-order valence-electron chi connectivity index (χ2n) is 3.94. The highest BCUT2D eigenvalue weighted by molar-refractivity contribution is 7.99. The lowest BCUT2D eigenvalue weighted by molar-refractivity contribution is 0.416. The van der Waals surface area contributed by atoms with Gasteiger partial charge in [0.15, 0.2) is 5.16 Å². The second kappa shape index (κ2) is 5.83. The van der Waals surface area contributed by atoms with Gasteiger partial charge in [-0.05, 0) is 30.3 Å². The number of H-pyrrole nitrogens is 1. The van der Waals surface area contributed by atoms with Gasteiger partial charge in [0.2, 0.25) is 0 Å². The number of nitrogens with two attached hydrogens (primary N) is 1. The molecule has 0 spiro atoms. The Balaban J connectivity index is 2.34. The fourth-order valence-corrected chi connectivity index (χ4v) is 2.62. The number of aromatic amines is 1. The smallest absolute Gasteiger partial charge is 0.343 e. The van der Waals surface area contributed by atoms with E-state index in [1.54, 1.807) is 17.7 Å². The van der Waals surface area contributed by atoms with Gasteiger partial charge < -0.3 is 10.5 Å². The van der Waals surface area contributed by atoms with Crippen molar-refractivity contribution in [3.8, 4) is 5.75 Å². The fourth-order valence-electron chi connectivity index (χ4n) is 1.69. The number of aromatic nitrogens is 3. The molecular weight excluding hydrogens is 264 g/mol. The van der Waals surface area contributed by atoms with Gasteiger partial charge in [0.05, 0.1) is 12.8 Å². The van der Waals surface area contributed by atoms with Gasteiger partial charge in [-0.3, -0.25) is 4.57 Å². The highest BCUT2D eigenvalue weighted by Crippen LogP contribution is 2.35. The first-order valence-electron chi connectivity index (χ1n) is 5.93. The molecule has 102 valence electrons. The van der Waals surface area contributed by atoms with Crippen LogP contribution in [0.2, 0.25) is 0 Å². The molecule has 0 amide bonds. The van der Waals surface area contributed by atoms with Gasteiger partial charge in [-0.1, -0.05) is 13.0 Å². The molecule has 2 aromatic rings. The SMILES string of the molecule is CCCn1c(Sc2cccc(OC)c2N)n[nH]c1=O. The van der Waals surface area contributed by atoms with Crippen LogP contribution in [0.3, 0.4) is 0 Å². The minimum absolute atomic E-state index is 0.203. The summed E-state index contributed by atoms with van der Waals surface area (Å²) in [5.74, 6) is 0.616. The molecule has 0 aliphatic carbocycles. The average Bonchev–Trinajstić information content (AvgIpc) is 2.74. The van der Waals surface area contributed by atoms with Crippen LogP contribution in [0.25, 0.3) is 0 Å². The van der Waals surface area contributed by atoms with Crippen molar-refractivity contribution >= 4 is 17.4 Å². The number of nitrogens with zero attached hydrogens (tertiary/aromatic N) is 2. The van der Waals surface area contributed by atoms with Gasteiger partial charge in [0, 0.05) is 11.4 Å². The minimum Gasteiger partial charge on any atom is -0.495 e. The maximum atomic E-state index is 11.6. The zero-order chi connectivity index (χ0) is 13.8. The van der Waals surface area contributed by atoms with Crippen molar-refractivity contribution in [2.45, 2.75) is 29.9 Å². The van der Waals surface area contributed by atoms with Crippen LogP contribution in [0.15, 0.2) is 33.0 Å². The van der Waals surface area contributed by atoms with E-state index < -0.39 is 0 Å². The summed E-state index contributed by atoms with van der Waals surface area (Å²) in [4.78, 5) is 12.4. The molecule has 0 radical (unpaired) electrons. The predicted molar refractivity (Wildman–Crippen MR) is 74.7 cm³/mol. The number of benzene rings is 1. The van der Waals surface area contributed by atoms with Crippen LogP contribution in [0.4, 0.5) is 5.69 Å². The summed E-state index contributed by atoms with van der Waals surface area (Å²) in [6.07, 6.45) is 0.862. The number of rotatable bonds is 5. The summed E-state index contributed by atoms with van der Waals surface area (Å²) in [7, 11) is 1.57. The topological polar surface area (TPSA) is 85.9 Å². The number of nitrogen functional groups attached to an aromatic ring is 1. The summed E-state index contributed by atoms with van der Waals surface area (Å²) < 4.78 is 6.77. The summed E-state index contributed by atoms with van der Waals surface area (Å²) in [6, 6.07) is 5.52. The van der Waals surface area contributed by atoms with Gasteiger partial charge in [0.25, 0.3) is 0 Å². The third-order valence-electron chi connectivity index (χ3n) is 2.62. The lowest BCUT2D eigenvalue weighted by atomic mass is 10.3. The van der Waals surface area contributed by atoms with Crippen LogP contribution in [0.5, 0.6) is 5.75 Å². The van der Waals surface area contributed by atoms with Crippen LogP contribution >= 0.6 is 11.8 Å². The predicted octanol–water partition coefficient (Wildman–Crippen LogP) is 1.72. The Morgan fingerprint density at radius 2 is 2.32 bits per heavy atom. The Labute approximate surface area is 115 Å². The van der Waals surface area contributed by atoms with Crippen molar-refractivity contribution in [3.63, 3.8) is 0 Å². The van der Waals surface area contributed by atoms with Gasteiger partial charge in [-0.25, -0.2) is 9.89 Å². The summed E-state index contributed by atoms with van der Waals surface area (Å²) in [6.45, 7) is 2.63. The van der Waals surface area contributed by atoms with Crippen LogP contribution < -0.4 is 16.2 Å². The summed E-state index contributed by atoms with van der Waals surface area (Å²) >= 11 is 1.35. The molecule has 1 aromatic carbocycles. The minimum atomic E-state index is -0.203. The van der Waals surface area contributed by atoms with Crippen LogP contribution in [-0.2, 0) is 6.54 Å². The molecule has 3 N–H and O–H groups in total. The number of methoxy groups -OCH3 is 1. The second-order valence-corrected chi connectivity index (χ2v) is 4.95. The van der Waals surface area contributed by atoms with Gasteiger partial charge >= 0.3 is 5.69 Å². The van der Waals surface area contributed by atoms with Crippen LogP contribution in [-0.4, -0.2) is 21.9 Å². The van der Waals surface area contributed by atoms with E-state index in [4.69, 9.17) is 10.5 Å². The molecule has 0 saturated heterocycles. The first kappa shape index (κ1) is 13.5. The van der Waals surface area contributed by atoms with E-state index in [2.05, 4.69) is 10.2 Å². The Morgan fingerprint density at radius 1 is 1.53 bits per heavy atom. The first-order valence-corrected chi connectivity index (χ1v) is 6.74. The van der Waals surface area contributed by atoms with E-state index >= 15 is 0 Å². The maximum Gasteiger partial charge on any atom is 0.343 e. The molecule has 6 nitrogen and oxygen atoms in total.